The summed E-state index contributed by atoms with van der Waals surface area (Å²) in [6.07, 6.45) is 13.7. The van der Waals surface area contributed by atoms with E-state index in [-0.39, 0.29) is 29.9 Å². The van der Waals surface area contributed by atoms with E-state index < -0.39 is 0 Å². The van der Waals surface area contributed by atoms with E-state index in [1.54, 1.807) is 6.08 Å². The summed E-state index contributed by atoms with van der Waals surface area (Å²) in [4.78, 5) is 23.4. The fourth-order valence-electron chi connectivity index (χ4n) is 3.14. The lowest BCUT2D eigenvalue weighted by Gasteiger charge is -2.18. The quantitative estimate of drug-likeness (QED) is 0.326. The molecule has 0 aromatic carbocycles. The number of unbranched alkanes of at least 4 members (excludes halogenated alkanes) is 6. The molecular formula is C21H36O4. The van der Waals surface area contributed by atoms with Crippen LogP contribution in [-0.4, -0.2) is 30.6 Å². The van der Waals surface area contributed by atoms with E-state index in [9.17, 15) is 9.59 Å². The molecule has 1 rings (SSSR count). The van der Waals surface area contributed by atoms with Gasteiger partial charge < -0.3 is 9.47 Å². The second-order valence-electron chi connectivity index (χ2n) is 7.26. The first-order valence-electron chi connectivity index (χ1n) is 10.1. The van der Waals surface area contributed by atoms with E-state index in [0.717, 1.165) is 32.1 Å². The van der Waals surface area contributed by atoms with Gasteiger partial charge in [-0.3, -0.25) is 9.59 Å². The summed E-state index contributed by atoms with van der Waals surface area (Å²) in [7, 11) is 0. The Morgan fingerprint density at radius 1 is 1.08 bits per heavy atom. The maximum Gasteiger partial charge on any atom is 0.306 e. The fraction of sp³-hybridized carbons (Fsp3) is 0.810. The van der Waals surface area contributed by atoms with E-state index in [4.69, 9.17) is 9.47 Å². The van der Waals surface area contributed by atoms with Gasteiger partial charge in [-0.2, -0.15) is 0 Å². The van der Waals surface area contributed by atoms with Gasteiger partial charge in [0.2, 0.25) is 0 Å². The highest BCUT2D eigenvalue weighted by Gasteiger charge is 2.29. The van der Waals surface area contributed by atoms with Gasteiger partial charge in [-0.25, -0.2) is 0 Å². The van der Waals surface area contributed by atoms with E-state index >= 15 is 0 Å². The van der Waals surface area contributed by atoms with Crippen LogP contribution in [0.5, 0.6) is 0 Å². The average molecular weight is 353 g/mol. The van der Waals surface area contributed by atoms with Crippen molar-refractivity contribution in [2.24, 2.45) is 5.92 Å². The Labute approximate surface area is 153 Å². The molecule has 0 saturated carbocycles. The van der Waals surface area contributed by atoms with Crippen molar-refractivity contribution in [3.63, 3.8) is 0 Å². The number of ketones is 1. The zero-order chi connectivity index (χ0) is 18.5. The van der Waals surface area contributed by atoms with Crippen LogP contribution in [0, 0.1) is 5.92 Å². The zero-order valence-electron chi connectivity index (χ0n) is 16.3. The van der Waals surface area contributed by atoms with Gasteiger partial charge in [0.1, 0.15) is 0 Å². The third kappa shape index (κ3) is 9.78. The third-order valence-corrected chi connectivity index (χ3v) is 4.53. The highest BCUT2D eigenvalue weighted by Crippen LogP contribution is 2.25. The summed E-state index contributed by atoms with van der Waals surface area (Å²) in [6, 6.07) is 0. The molecule has 144 valence electrons. The number of esters is 1. The molecule has 0 saturated heterocycles. The number of rotatable bonds is 14. The van der Waals surface area contributed by atoms with Gasteiger partial charge in [-0.15, -0.1) is 0 Å². The van der Waals surface area contributed by atoms with E-state index in [1.807, 2.05) is 19.9 Å². The highest BCUT2D eigenvalue weighted by molar-refractivity contribution is 5.95. The van der Waals surface area contributed by atoms with Crippen LogP contribution < -0.4 is 0 Å². The summed E-state index contributed by atoms with van der Waals surface area (Å²) in [5.74, 6) is 0.114. The molecule has 1 aliphatic rings. The molecular weight excluding hydrogens is 316 g/mol. The number of allylic oxidation sites excluding steroid dienone is 1. The molecule has 1 aliphatic carbocycles. The molecule has 0 N–H and O–H groups in total. The molecule has 0 aromatic rings. The van der Waals surface area contributed by atoms with Crippen LogP contribution >= 0.6 is 0 Å². The molecule has 4 heteroatoms. The first-order valence-corrected chi connectivity index (χ1v) is 10.1. The monoisotopic (exact) mass is 352 g/mol. The van der Waals surface area contributed by atoms with Crippen molar-refractivity contribution >= 4 is 11.8 Å². The number of hydrogen-bond acceptors (Lipinski definition) is 4. The first kappa shape index (κ1) is 21.9. The van der Waals surface area contributed by atoms with E-state index in [1.165, 1.54) is 25.7 Å². The van der Waals surface area contributed by atoms with E-state index in [2.05, 4.69) is 6.92 Å². The fourth-order valence-corrected chi connectivity index (χ4v) is 3.14. The van der Waals surface area contributed by atoms with Gasteiger partial charge in [0, 0.05) is 13.0 Å². The summed E-state index contributed by atoms with van der Waals surface area (Å²) in [5, 5.41) is 0. The maximum absolute atomic E-state index is 12.0. The van der Waals surface area contributed by atoms with E-state index in [0.29, 0.717) is 13.0 Å². The SMILES string of the molecule is CCCCCCCC1C(=O)C=CC1OCCCCCC(=O)OC(C)C. The van der Waals surface area contributed by atoms with Crippen molar-refractivity contribution in [1.82, 2.24) is 0 Å². The van der Waals surface area contributed by atoms with Crippen molar-refractivity contribution in [3.05, 3.63) is 12.2 Å². The summed E-state index contributed by atoms with van der Waals surface area (Å²) in [5.41, 5.74) is 0. The average Bonchev–Trinajstić information content (AvgIpc) is 2.90. The molecule has 0 aromatic heterocycles. The molecule has 0 radical (unpaired) electrons. The molecule has 0 spiro atoms. The second-order valence-corrected chi connectivity index (χ2v) is 7.26. The molecule has 0 fully saturated rings. The van der Waals surface area contributed by atoms with Crippen LogP contribution in [0.25, 0.3) is 0 Å². The van der Waals surface area contributed by atoms with Gasteiger partial charge in [0.05, 0.1) is 18.1 Å². The van der Waals surface area contributed by atoms with Crippen molar-refractivity contribution in [2.45, 2.75) is 97.2 Å². The number of ether oxygens (including phenoxy) is 2. The van der Waals surface area contributed by atoms with Crippen LogP contribution in [0.3, 0.4) is 0 Å². The minimum absolute atomic E-state index is 0.0163. The van der Waals surface area contributed by atoms with Gasteiger partial charge in [0.15, 0.2) is 5.78 Å². The smallest absolute Gasteiger partial charge is 0.306 e. The Kier molecular flexibility index (Phi) is 11.5. The number of carbonyl (C=O) groups is 2. The van der Waals surface area contributed by atoms with Crippen LogP contribution in [0.4, 0.5) is 0 Å². The molecule has 0 heterocycles. The van der Waals surface area contributed by atoms with Gasteiger partial charge >= 0.3 is 5.97 Å². The van der Waals surface area contributed by atoms with Crippen LogP contribution in [0.15, 0.2) is 12.2 Å². The topological polar surface area (TPSA) is 52.6 Å². The molecule has 0 bridgehead atoms. The molecule has 2 atom stereocenters. The maximum atomic E-state index is 12.0. The summed E-state index contributed by atoms with van der Waals surface area (Å²) in [6.45, 7) is 6.58. The lowest BCUT2D eigenvalue weighted by molar-refractivity contribution is -0.147. The van der Waals surface area contributed by atoms with Crippen molar-refractivity contribution < 1.29 is 19.1 Å². The van der Waals surface area contributed by atoms with Gasteiger partial charge in [0.25, 0.3) is 0 Å². The Hall–Kier alpha value is -1.16. The highest BCUT2D eigenvalue weighted by atomic mass is 16.5. The Bertz CT molecular complexity index is 414. The number of carbonyl (C=O) groups excluding carboxylic acids is 2. The Morgan fingerprint density at radius 2 is 1.80 bits per heavy atom. The summed E-state index contributed by atoms with van der Waals surface area (Å²) >= 11 is 0. The Balaban J connectivity index is 2.11. The van der Waals surface area contributed by atoms with Crippen LogP contribution in [0.1, 0.15) is 85.0 Å². The van der Waals surface area contributed by atoms with Crippen LogP contribution in [-0.2, 0) is 19.1 Å². The largest absolute Gasteiger partial charge is 0.463 e. The van der Waals surface area contributed by atoms with Gasteiger partial charge in [-0.1, -0.05) is 51.5 Å². The standard InChI is InChI=1S/C21H36O4/c1-4-5-6-7-9-12-18-19(22)14-15-20(18)24-16-11-8-10-13-21(23)25-17(2)3/h14-15,17-18,20H,4-13,16H2,1-3H3. The molecule has 0 aliphatic heterocycles. The lowest BCUT2D eigenvalue weighted by Crippen LogP contribution is -2.23. The normalized spacial score (nSPS) is 19.8. The number of hydrogen-bond donors (Lipinski definition) is 0. The Morgan fingerprint density at radius 3 is 2.52 bits per heavy atom. The molecule has 25 heavy (non-hydrogen) atoms. The minimum Gasteiger partial charge on any atom is -0.463 e. The van der Waals surface area contributed by atoms with Crippen molar-refractivity contribution in [3.8, 4) is 0 Å². The predicted molar refractivity (Wildman–Crippen MR) is 100 cm³/mol. The predicted octanol–water partition coefficient (Wildman–Crippen LogP) is 5.00. The molecule has 4 nitrogen and oxygen atoms in total. The molecule has 2 unspecified atom stereocenters. The van der Waals surface area contributed by atoms with Crippen molar-refractivity contribution in [2.75, 3.05) is 6.61 Å². The second kappa shape index (κ2) is 13.1. The van der Waals surface area contributed by atoms with Crippen molar-refractivity contribution in [1.29, 1.82) is 0 Å². The first-order chi connectivity index (χ1) is 12.0. The zero-order valence-corrected chi connectivity index (χ0v) is 16.3. The van der Waals surface area contributed by atoms with Crippen LogP contribution in [0.2, 0.25) is 0 Å². The summed E-state index contributed by atoms with van der Waals surface area (Å²) < 4.78 is 11.0. The lowest BCUT2D eigenvalue weighted by atomic mass is 9.95. The molecule has 0 amide bonds. The minimum atomic E-state index is -0.122. The van der Waals surface area contributed by atoms with Gasteiger partial charge in [-0.05, 0) is 39.2 Å². The third-order valence-electron chi connectivity index (χ3n) is 4.53.